The smallest absolute Gasteiger partial charge is 0.343 e. The zero-order chi connectivity index (χ0) is 14.4. The summed E-state index contributed by atoms with van der Waals surface area (Å²) in [4.78, 5) is 11.9. The van der Waals surface area contributed by atoms with Crippen molar-refractivity contribution in [3.63, 3.8) is 0 Å². The Bertz CT molecular complexity index is 577. The fraction of sp³-hybridized carbons (Fsp3) is 0. The summed E-state index contributed by atoms with van der Waals surface area (Å²) in [5, 5.41) is 0. The van der Waals surface area contributed by atoms with Crippen LogP contribution >= 0.6 is 0 Å². The van der Waals surface area contributed by atoms with Gasteiger partial charge in [0, 0.05) is 0 Å². The second-order valence-corrected chi connectivity index (χ2v) is 3.64. The zero-order valence-electron chi connectivity index (χ0n) is 10.8. The highest BCUT2D eigenvalue weighted by atomic mass is 16.5. The van der Waals surface area contributed by atoms with Gasteiger partial charge in [-0.3, -0.25) is 0 Å². The Morgan fingerprint density at radius 1 is 0.895 bits per heavy atom. The molecule has 0 amide bonds. The number of carbonyl (C=O) groups excluding carboxylic acids is 1. The summed E-state index contributed by atoms with van der Waals surface area (Å²) >= 11 is 0. The van der Waals surface area contributed by atoms with Crippen LogP contribution < -0.4 is 0 Å². The van der Waals surface area contributed by atoms with Crippen molar-refractivity contribution in [2.75, 3.05) is 0 Å². The predicted octanol–water partition coefficient (Wildman–Crippen LogP) is 4.56. The van der Waals surface area contributed by atoms with E-state index in [1.807, 2.05) is 0 Å². The van der Waals surface area contributed by atoms with E-state index < -0.39 is 5.97 Å². The first-order valence-corrected chi connectivity index (χ1v) is 5.67. The Morgan fingerprint density at radius 2 is 1.47 bits per heavy atom. The lowest BCUT2D eigenvalue weighted by molar-refractivity contribution is 0.0664. The van der Waals surface area contributed by atoms with Crippen molar-refractivity contribution < 1.29 is 9.53 Å². The minimum Gasteiger partial charge on any atom is -0.432 e. The third kappa shape index (κ3) is 2.63. The van der Waals surface area contributed by atoms with Gasteiger partial charge in [-0.1, -0.05) is 57.2 Å². The fourth-order valence-corrected chi connectivity index (χ4v) is 1.90. The van der Waals surface area contributed by atoms with E-state index in [0.29, 0.717) is 11.1 Å². The summed E-state index contributed by atoms with van der Waals surface area (Å²) < 4.78 is 4.83. The van der Waals surface area contributed by atoms with Crippen molar-refractivity contribution >= 4 is 30.3 Å². The highest BCUT2D eigenvalue weighted by Gasteiger charge is 2.17. The molecule has 0 aliphatic rings. The maximum absolute atomic E-state index is 11.9. The molecule has 0 bridgehead atoms. The highest BCUT2D eigenvalue weighted by molar-refractivity contribution is 5.98. The van der Waals surface area contributed by atoms with Gasteiger partial charge >= 0.3 is 5.97 Å². The van der Waals surface area contributed by atoms with Gasteiger partial charge in [0.15, 0.2) is 0 Å². The first-order valence-electron chi connectivity index (χ1n) is 5.67. The van der Waals surface area contributed by atoms with Gasteiger partial charge in [0.05, 0.1) is 11.8 Å². The summed E-state index contributed by atoms with van der Waals surface area (Å²) in [5.41, 5.74) is 3.47. The van der Waals surface area contributed by atoms with E-state index in [9.17, 15) is 4.79 Å². The van der Waals surface area contributed by atoms with Crippen LogP contribution in [0.1, 0.15) is 32.6 Å². The number of ether oxygens (including phenoxy) is 1. The predicted molar refractivity (Wildman–Crippen MR) is 82.4 cm³/mol. The van der Waals surface area contributed by atoms with Crippen LogP contribution in [-0.4, -0.2) is 5.97 Å². The summed E-state index contributed by atoms with van der Waals surface area (Å²) in [6.07, 6.45) is 7.70. The molecule has 0 radical (unpaired) electrons. The molecule has 0 spiro atoms. The van der Waals surface area contributed by atoms with Crippen molar-refractivity contribution in [2.24, 2.45) is 0 Å². The summed E-state index contributed by atoms with van der Waals surface area (Å²) in [5.74, 6) is -0.494. The molecular formula is C17H16O2. The molecule has 0 saturated heterocycles. The molecule has 1 rings (SSSR count). The molecule has 0 aromatic heterocycles. The van der Waals surface area contributed by atoms with E-state index in [-0.39, 0.29) is 0 Å². The average Bonchev–Trinajstić information content (AvgIpc) is 2.44. The third-order valence-corrected chi connectivity index (χ3v) is 2.72. The Kier molecular flexibility index (Phi) is 4.84. The molecule has 19 heavy (non-hydrogen) atoms. The molecule has 0 heterocycles. The lowest BCUT2D eigenvalue weighted by atomic mass is 9.91. The van der Waals surface area contributed by atoms with Crippen molar-refractivity contribution in [3.8, 4) is 0 Å². The van der Waals surface area contributed by atoms with Crippen LogP contribution in [0.2, 0.25) is 0 Å². The minimum atomic E-state index is -0.494. The van der Waals surface area contributed by atoms with Gasteiger partial charge in [0.25, 0.3) is 0 Å². The molecule has 0 fully saturated rings. The topological polar surface area (TPSA) is 26.3 Å². The van der Waals surface area contributed by atoms with Crippen molar-refractivity contribution in [1.82, 2.24) is 0 Å². The van der Waals surface area contributed by atoms with Crippen LogP contribution in [0.15, 0.2) is 45.2 Å². The lowest BCUT2D eigenvalue weighted by Crippen LogP contribution is -2.06. The number of hydrogen-bond acceptors (Lipinski definition) is 2. The second-order valence-electron chi connectivity index (χ2n) is 3.64. The first-order chi connectivity index (χ1) is 9.14. The molecule has 96 valence electrons. The molecule has 0 atom stereocenters. The molecule has 0 saturated carbocycles. The molecule has 0 aliphatic heterocycles. The van der Waals surface area contributed by atoms with Crippen LogP contribution in [0, 0.1) is 0 Å². The van der Waals surface area contributed by atoms with Crippen LogP contribution in [0.5, 0.6) is 0 Å². The molecule has 2 heteroatoms. The summed E-state index contributed by atoms with van der Waals surface area (Å²) in [6, 6.07) is 1.69. The fourth-order valence-electron chi connectivity index (χ4n) is 1.90. The van der Waals surface area contributed by atoms with Gasteiger partial charge in [-0.05, 0) is 28.3 Å². The third-order valence-electron chi connectivity index (χ3n) is 2.72. The van der Waals surface area contributed by atoms with E-state index in [1.165, 1.54) is 0 Å². The largest absolute Gasteiger partial charge is 0.432 e. The van der Waals surface area contributed by atoms with Crippen molar-refractivity contribution in [1.29, 1.82) is 0 Å². The quantitative estimate of drug-likeness (QED) is 0.548. The maximum Gasteiger partial charge on any atom is 0.343 e. The highest BCUT2D eigenvalue weighted by Crippen LogP contribution is 2.28. The summed E-state index contributed by atoms with van der Waals surface area (Å²) in [7, 11) is 0. The van der Waals surface area contributed by atoms with Crippen LogP contribution in [0.3, 0.4) is 0 Å². The Hall–Kier alpha value is -2.61. The average molecular weight is 252 g/mol. The van der Waals surface area contributed by atoms with E-state index >= 15 is 0 Å². The van der Waals surface area contributed by atoms with Crippen LogP contribution in [0.4, 0.5) is 0 Å². The number of esters is 1. The van der Waals surface area contributed by atoms with Crippen molar-refractivity contribution in [2.45, 2.75) is 0 Å². The van der Waals surface area contributed by atoms with Crippen LogP contribution in [-0.2, 0) is 4.74 Å². The van der Waals surface area contributed by atoms with Crippen molar-refractivity contribution in [3.05, 3.63) is 73.0 Å². The number of carbonyl (C=O) groups is 1. The number of benzene rings is 1. The number of hydrogen-bond donors (Lipinski definition) is 0. The van der Waals surface area contributed by atoms with E-state index in [2.05, 4.69) is 32.9 Å². The lowest BCUT2D eigenvalue weighted by Gasteiger charge is -2.14. The van der Waals surface area contributed by atoms with Gasteiger partial charge < -0.3 is 4.74 Å². The molecule has 1 aromatic rings. The normalized spacial score (nSPS) is 9.26. The molecule has 2 nitrogen and oxygen atoms in total. The molecule has 1 aromatic carbocycles. The standard InChI is InChI=1S/C17H16O2/c1-6-12-11-16(17(18)19-10-5)15(9-4)14(8-3)13(12)7-2/h6-11H,1-5H2. The minimum absolute atomic E-state index is 0.394. The molecule has 0 unspecified atom stereocenters. The number of rotatable bonds is 6. The Morgan fingerprint density at radius 3 is 1.89 bits per heavy atom. The SMILES string of the molecule is C=COC(=O)c1cc(C=C)c(C=C)c(C=C)c1C=C. The molecule has 0 N–H and O–H groups in total. The van der Waals surface area contributed by atoms with Gasteiger partial charge in [-0.2, -0.15) is 0 Å². The first kappa shape index (κ1) is 14.5. The monoisotopic (exact) mass is 252 g/mol. The van der Waals surface area contributed by atoms with Gasteiger partial charge in [-0.15, -0.1) is 0 Å². The van der Waals surface area contributed by atoms with Gasteiger partial charge in [0.1, 0.15) is 0 Å². The van der Waals surface area contributed by atoms with E-state index in [4.69, 9.17) is 4.74 Å². The van der Waals surface area contributed by atoms with Gasteiger partial charge in [-0.25, -0.2) is 4.79 Å². The van der Waals surface area contributed by atoms with E-state index in [0.717, 1.165) is 23.0 Å². The van der Waals surface area contributed by atoms with Gasteiger partial charge in [0.2, 0.25) is 0 Å². The molecular weight excluding hydrogens is 236 g/mol. The maximum atomic E-state index is 11.9. The second kappa shape index (κ2) is 6.36. The Balaban J connectivity index is 3.73. The van der Waals surface area contributed by atoms with E-state index in [1.54, 1.807) is 30.4 Å². The molecule has 0 aliphatic carbocycles. The van der Waals surface area contributed by atoms with Crippen LogP contribution in [0.25, 0.3) is 24.3 Å². The Labute approximate surface area is 113 Å². The zero-order valence-corrected chi connectivity index (χ0v) is 10.8. The summed E-state index contributed by atoms with van der Waals surface area (Å²) in [6.45, 7) is 18.4.